The van der Waals surface area contributed by atoms with E-state index in [9.17, 15) is 18.0 Å². The number of nitrogens with one attached hydrogen (secondary N) is 1. The number of aryl methyl sites for hydroxylation is 1. The number of carbonyl (C=O) groups excluding carboxylic acids is 2. The van der Waals surface area contributed by atoms with Crippen molar-refractivity contribution in [1.82, 2.24) is 19.5 Å². The van der Waals surface area contributed by atoms with Crippen LogP contribution in [-0.2, 0) is 45.5 Å². The number of hydrogen-bond acceptors (Lipinski definition) is 6. The van der Waals surface area contributed by atoms with Gasteiger partial charge in [-0.1, -0.05) is 60.7 Å². The number of sulfonamides is 1. The maximum absolute atomic E-state index is 14.1. The lowest BCUT2D eigenvalue weighted by molar-refractivity contribution is -0.141. The van der Waals surface area contributed by atoms with E-state index in [0.717, 1.165) is 35.1 Å². The zero-order chi connectivity index (χ0) is 32.4. The van der Waals surface area contributed by atoms with Crippen LogP contribution in [0, 0.1) is 0 Å². The monoisotopic (exact) mass is 640 g/mol. The number of pyridine rings is 1. The van der Waals surface area contributed by atoms with E-state index >= 15 is 0 Å². The molecule has 9 nitrogen and oxygen atoms in total. The summed E-state index contributed by atoms with van der Waals surface area (Å²) in [6, 6.07) is 26.8. The summed E-state index contributed by atoms with van der Waals surface area (Å²) in [7, 11) is -1.92. The Hall–Kier alpha value is -4.54. The highest BCUT2D eigenvalue weighted by molar-refractivity contribution is 7.89. The summed E-state index contributed by atoms with van der Waals surface area (Å²) in [6.45, 7) is 1.61. The Morgan fingerprint density at radius 2 is 1.54 bits per heavy atom. The van der Waals surface area contributed by atoms with E-state index in [4.69, 9.17) is 4.74 Å². The van der Waals surface area contributed by atoms with Crippen LogP contribution in [0.5, 0.6) is 5.75 Å². The zero-order valence-electron chi connectivity index (χ0n) is 26.0. The Balaban J connectivity index is 1.37. The third-order valence-corrected chi connectivity index (χ3v) is 10.1. The minimum atomic E-state index is -3.52. The highest BCUT2D eigenvalue weighted by Crippen LogP contribution is 2.23. The van der Waals surface area contributed by atoms with Crippen molar-refractivity contribution in [3.8, 4) is 5.75 Å². The van der Waals surface area contributed by atoms with Crippen LogP contribution in [0.15, 0.2) is 108 Å². The van der Waals surface area contributed by atoms with Gasteiger partial charge in [-0.05, 0) is 71.8 Å². The molecule has 2 heterocycles. The summed E-state index contributed by atoms with van der Waals surface area (Å²) in [5.41, 5.74) is 3.51. The first kappa shape index (κ1) is 32.8. The molecule has 0 unspecified atom stereocenters. The van der Waals surface area contributed by atoms with Crippen molar-refractivity contribution in [1.29, 1.82) is 0 Å². The quantitative estimate of drug-likeness (QED) is 0.213. The lowest BCUT2D eigenvalue weighted by atomic mass is 10.0. The van der Waals surface area contributed by atoms with E-state index in [1.54, 1.807) is 48.7 Å². The van der Waals surface area contributed by atoms with E-state index in [2.05, 4.69) is 10.3 Å². The molecule has 1 saturated heterocycles. The molecule has 1 aliphatic heterocycles. The molecule has 4 aromatic rings. The number of methoxy groups -OCH3 is 1. The molecule has 2 amide bonds. The third-order valence-electron chi connectivity index (χ3n) is 8.23. The van der Waals surface area contributed by atoms with Crippen molar-refractivity contribution in [2.45, 2.75) is 56.1 Å². The molecule has 5 rings (SSSR count). The molecule has 240 valence electrons. The van der Waals surface area contributed by atoms with Crippen molar-refractivity contribution in [3.63, 3.8) is 0 Å². The van der Waals surface area contributed by atoms with Gasteiger partial charge in [0.25, 0.3) is 0 Å². The van der Waals surface area contributed by atoms with E-state index in [1.165, 1.54) is 4.31 Å². The van der Waals surface area contributed by atoms with Gasteiger partial charge in [0.15, 0.2) is 0 Å². The maximum atomic E-state index is 14.1. The first-order valence-electron chi connectivity index (χ1n) is 15.6. The van der Waals surface area contributed by atoms with Crippen molar-refractivity contribution >= 4 is 21.8 Å². The number of amides is 2. The van der Waals surface area contributed by atoms with E-state index < -0.39 is 16.1 Å². The van der Waals surface area contributed by atoms with Crippen LogP contribution in [0.1, 0.15) is 41.5 Å². The average Bonchev–Trinajstić information content (AvgIpc) is 3.66. The summed E-state index contributed by atoms with van der Waals surface area (Å²) in [4.78, 5) is 34.0. The number of aromatic nitrogens is 1. The molecule has 0 aliphatic carbocycles. The minimum absolute atomic E-state index is 0.148. The Bertz CT molecular complexity index is 1680. The topological polar surface area (TPSA) is 109 Å². The van der Waals surface area contributed by atoms with Gasteiger partial charge in [-0.25, -0.2) is 8.42 Å². The SMILES string of the molecule is COc1ccc(CN(C(=O)CCc2ccc(S(=O)(=O)N3CCCC3)cc2)[C@@H](Cc2ccccc2)C(=O)NCc2cccnc2)cc1. The van der Waals surface area contributed by atoms with Crippen molar-refractivity contribution < 1.29 is 22.7 Å². The molecule has 0 spiro atoms. The van der Waals surface area contributed by atoms with Crippen LogP contribution in [-0.4, -0.2) is 60.7 Å². The summed E-state index contributed by atoms with van der Waals surface area (Å²) in [6.07, 6.45) is 6.02. The van der Waals surface area contributed by atoms with Crippen LogP contribution in [0.4, 0.5) is 0 Å². The van der Waals surface area contributed by atoms with Crippen LogP contribution >= 0.6 is 0 Å². The van der Waals surface area contributed by atoms with Crippen LogP contribution in [0.2, 0.25) is 0 Å². The number of benzene rings is 3. The first-order valence-corrected chi connectivity index (χ1v) is 17.0. The molecule has 0 bridgehead atoms. The van der Waals surface area contributed by atoms with Gasteiger partial charge in [0.1, 0.15) is 11.8 Å². The second kappa shape index (κ2) is 15.6. The van der Waals surface area contributed by atoms with Crippen LogP contribution in [0.3, 0.4) is 0 Å². The second-order valence-corrected chi connectivity index (χ2v) is 13.3. The maximum Gasteiger partial charge on any atom is 0.243 e. The molecule has 1 atom stereocenters. The molecule has 46 heavy (non-hydrogen) atoms. The Kier molecular flexibility index (Phi) is 11.2. The third kappa shape index (κ3) is 8.58. The van der Waals surface area contributed by atoms with Gasteiger partial charge < -0.3 is 15.0 Å². The Morgan fingerprint density at radius 1 is 0.870 bits per heavy atom. The number of carbonyl (C=O) groups is 2. The molecule has 0 radical (unpaired) electrons. The molecule has 1 N–H and O–H groups in total. The zero-order valence-corrected chi connectivity index (χ0v) is 26.9. The van der Waals surface area contributed by atoms with E-state index in [-0.39, 0.29) is 36.2 Å². The van der Waals surface area contributed by atoms with Gasteiger partial charge in [-0.15, -0.1) is 0 Å². The average molecular weight is 641 g/mol. The number of hydrogen-bond donors (Lipinski definition) is 1. The minimum Gasteiger partial charge on any atom is -0.497 e. The lowest BCUT2D eigenvalue weighted by Gasteiger charge is -2.32. The predicted octanol–water partition coefficient (Wildman–Crippen LogP) is 4.76. The smallest absolute Gasteiger partial charge is 0.243 e. The molecular formula is C36H40N4O5S. The van der Waals surface area contributed by atoms with Crippen molar-refractivity contribution in [2.24, 2.45) is 0 Å². The standard InChI is InChI=1S/C36H40N4O5S/c1-45-32-16-11-30(12-17-32)27-40(34(24-29-8-3-2-4-9-29)36(42)38-26-31-10-7-21-37-25-31)35(41)20-15-28-13-18-33(19-14-28)46(43,44)39-22-5-6-23-39/h2-4,7-14,16-19,21,25,34H,5-6,15,20,22-24,26-27H2,1H3,(H,38,42)/t34-/m0/s1. The second-order valence-electron chi connectivity index (χ2n) is 11.4. The van der Waals surface area contributed by atoms with Gasteiger partial charge in [0.2, 0.25) is 21.8 Å². The fourth-order valence-corrected chi connectivity index (χ4v) is 7.11. The molecular weight excluding hydrogens is 600 g/mol. The van der Waals surface area contributed by atoms with Crippen molar-refractivity contribution in [3.05, 3.63) is 126 Å². The molecule has 0 saturated carbocycles. The molecule has 1 aromatic heterocycles. The lowest BCUT2D eigenvalue weighted by Crippen LogP contribution is -2.50. The van der Waals surface area contributed by atoms with Gasteiger partial charge in [0.05, 0.1) is 12.0 Å². The summed E-state index contributed by atoms with van der Waals surface area (Å²) in [5, 5.41) is 3.02. The summed E-state index contributed by atoms with van der Waals surface area (Å²) in [5.74, 6) is 0.264. The van der Waals surface area contributed by atoms with Crippen molar-refractivity contribution in [2.75, 3.05) is 20.2 Å². The van der Waals surface area contributed by atoms with Gasteiger partial charge in [0, 0.05) is 51.4 Å². The molecule has 10 heteroatoms. The number of ether oxygens (including phenoxy) is 1. The van der Waals surface area contributed by atoms with Gasteiger partial charge in [-0.3, -0.25) is 14.6 Å². The fraction of sp³-hybridized carbons (Fsp3) is 0.306. The van der Waals surface area contributed by atoms with Crippen LogP contribution < -0.4 is 10.1 Å². The largest absolute Gasteiger partial charge is 0.497 e. The molecule has 3 aromatic carbocycles. The fourth-order valence-electron chi connectivity index (χ4n) is 5.59. The number of rotatable bonds is 14. The Labute approximate surface area is 271 Å². The normalized spacial score (nSPS) is 14.0. The van der Waals surface area contributed by atoms with E-state index in [0.29, 0.717) is 31.7 Å². The summed E-state index contributed by atoms with van der Waals surface area (Å²) >= 11 is 0. The van der Waals surface area contributed by atoms with Gasteiger partial charge in [-0.2, -0.15) is 4.31 Å². The first-order chi connectivity index (χ1) is 22.3. The van der Waals surface area contributed by atoms with Crippen LogP contribution in [0.25, 0.3) is 0 Å². The molecule has 1 aliphatic rings. The number of nitrogens with zero attached hydrogens (tertiary/aromatic N) is 3. The summed E-state index contributed by atoms with van der Waals surface area (Å²) < 4.78 is 32.8. The highest BCUT2D eigenvalue weighted by atomic mass is 32.2. The Morgan fingerprint density at radius 3 is 2.20 bits per heavy atom. The van der Waals surface area contributed by atoms with E-state index in [1.807, 2.05) is 66.7 Å². The highest BCUT2D eigenvalue weighted by Gasteiger charge is 2.31. The predicted molar refractivity (Wildman–Crippen MR) is 176 cm³/mol. The molecule has 1 fully saturated rings. The van der Waals surface area contributed by atoms with Gasteiger partial charge >= 0.3 is 0 Å².